The summed E-state index contributed by atoms with van der Waals surface area (Å²) >= 11 is 0. The molecule has 3 fully saturated rings. The van der Waals surface area contributed by atoms with Crippen molar-refractivity contribution >= 4 is 5.97 Å². The normalized spacial score (nSPS) is 42.0. The van der Waals surface area contributed by atoms with Crippen LogP contribution >= 0.6 is 0 Å². The number of allylic oxidation sites excluding steroid dienone is 1. The van der Waals surface area contributed by atoms with Crippen LogP contribution in [0, 0.1) is 46.3 Å². The second kappa shape index (κ2) is 9.46. The molecule has 2 nitrogen and oxygen atoms in total. The Kier molecular flexibility index (Phi) is 7.19. The van der Waals surface area contributed by atoms with Crippen molar-refractivity contribution in [1.82, 2.24) is 0 Å². The van der Waals surface area contributed by atoms with Gasteiger partial charge in [0.2, 0.25) is 0 Å². The summed E-state index contributed by atoms with van der Waals surface area (Å²) in [4.78, 5) is 11.9. The molecule has 3 saturated carbocycles. The average molecular weight is 443 g/mol. The lowest BCUT2D eigenvalue weighted by atomic mass is 9.47. The highest BCUT2D eigenvalue weighted by atomic mass is 16.5. The zero-order chi connectivity index (χ0) is 23.1. The molecule has 4 rings (SSSR count). The number of hydrogen-bond donors (Lipinski definition) is 0. The second-order valence-corrected chi connectivity index (χ2v) is 13.0. The lowest BCUT2D eigenvalue weighted by Crippen LogP contribution is -2.51. The van der Waals surface area contributed by atoms with E-state index in [0.29, 0.717) is 17.3 Å². The topological polar surface area (TPSA) is 26.3 Å². The quantitative estimate of drug-likeness (QED) is 0.292. The van der Waals surface area contributed by atoms with Gasteiger partial charge in [-0.15, -0.1) is 0 Å². The van der Waals surface area contributed by atoms with Crippen LogP contribution in [0.5, 0.6) is 0 Å². The molecule has 0 heterocycles. The molecule has 0 spiro atoms. The van der Waals surface area contributed by atoms with E-state index in [4.69, 9.17) is 4.74 Å². The van der Waals surface area contributed by atoms with Crippen LogP contribution in [0.25, 0.3) is 0 Å². The van der Waals surface area contributed by atoms with Crippen molar-refractivity contribution in [1.29, 1.82) is 0 Å². The number of ether oxygens (including phenoxy) is 1. The van der Waals surface area contributed by atoms with Gasteiger partial charge in [0, 0.05) is 12.8 Å². The van der Waals surface area contributed by atoms with E-state index in [0.717, 1.165) is 48.3 Å². The molecule has 0 aromatic heterocycles. The summed E-state index contributed by atoms with van der Waals surface area (Å²) < 4.78 is 5.76. The Labute approximate surface area is 198 Å². The minimum absolute atomic E-state index is 0.0270. The molecule has 0 radical (unpaired) electrons. The van der Waals surface area contributed by atoms with Crippen molar-refractivity contribution in [2.24, 2.45) is 46.3 Å². The molecule has 2 unspecified atom stereocenters. The van der Waals surface area contributed by atoms with Gasteiger partial charge in [0.25, 0.3) is 0 Å². The minimum Gasteiger partial charge on any atom is -0.462 e. The van der Waals surface area contributed by atoms with Crippen LogP contribution in [-0.4, -0.2) is 12.1 Å². The summed E-state index contributed by atoms with van der Waals surface area (Å²) in [6, 6.07) is 0. The molecular formula is C30H50O2. The van der Waals surface area contributed by atoms with Crippen LogP contribution in [0.2, 0.25) is 0 Å². The van der Waals surface area contributed by atoms with Gasteiger partial charge < -0.3 is 4.74 Å². The number of rotatable bonds is 7. The fourth-order valence-electron chi connectivity index (χ4n) is 9.02. The Balaban J connectivity index is 1.45. The van der Waals surface area contributed by atoms with Gasteiger partial charge in [0.15, 0.2) is 0 Å². The van der Waals surface area contributed by atoms with Gasteiger partial charge in [-0.05, 0) is 91.3 Å². The van der Waals surface area contributed by atoms with Gasteiger partial charge in [0.05, 0.1) is 0 Å². The summed E-state index contributed by atoms with van der Waals surface area (Å²) in [6.07, 6.45) is 17.8. The highest BCUT2D eigenvalue weighted by Gasteiger charge is 2.59. The van der Waals surface area contributed by atoms with Crippen LogP contribution in [0.15, 0.2) is 11.6 Å². The summed E-state index contributed by atoms with van der Waals surface area (Å²) in [5.41, 5.74) is 2.54. The molecule has 0 saturated heterocycles. The van der Waals surface area contributed by atoms with Crippen LogP contribution in [0.4, 0.5) is 0 Å². The molecule has 0 aromatic rings. The van der Waals surface area contributed by atoms with Gasteiger partial charge in [-0.3, -0.25) is 4.79 Å². The molecule has 182 valence electrons. The van der Waals surface area contributed by atoms with Crippen LogP contribution in [0.3, 0.4) is 0 Å². The average Bonchev–Trinajstić information content (AvgIpc) is 3.11. The standard InChI is InChI=1S/C30H50O2/c1-7-28(31)32-23-15-17-29(5)22(19-23)11-12-24-26-14-13-25(21(4)10-8-9-20(2)3)30(26,6)18-16-27(24)29/h11,20-21,23-27H,7-10,12-19H2,1-6H3/t21-,23?,24?,25-,26+,27+,29+,30-/m1/s1. The molecular weight excluding hydrogens is 392 g/mol. The van der Waals surface area contributed by atoms with Gasteiger partial charge >= 0.3 is 5.97 Å². The van der Waals surface area contributed by atoms with Gasteiger partial charge in [0.1, 0.15) is 6.10 Å². The Hall–Kier alpha value is -0.790. The first-order valence-corrected chi connectivity index (χ1v) is 14.1. The Morgan fingerprint density at radius 3 is 2.56 bits per heavy atom. The first-order valence-electron chi connectivity index (χ1n) is 14.1. The number of fused-ring (bicyclic) bond motifs is 5. The largest absolute Gasteiger partial charge is 0.462 e. The first kappa shape index (κ1) is 24.3. The summed E-state index contributed by atoms with van der Waals surface area (Å²) in [5.74, 6) is 5.28. The lowest BCUT2D eigenvalue weighted by molar-refractivity contribution is -0.151. The Morgan fingerprint density at radius 2 is 1.84 bits per heavy atom. The fraction of sp³-hybridized carbons (Fsp3) is 0.900. The third-order valence-electron chi connectivity index (χ3n) is 10.8. The maximum atomic E-state index is 11.9. The minimum atomic E-state index is -0.0270. The van der Waals surface area contributed by atoms with Crippen molar-refractivity contribution < 1.29 is 9.53 Å². The van der Waals surface area contributed by atoms with Crippen LogP contribution in [0.1, 0.15) is 119 Å². The maximum absolute atomic E-state index is 11.9. The van der Waals surface area contributed by atoms with Crippen molar-refractivity contribution in [2.45, 2.75) is 125 Å². The second-order valence-electron chi connectivity index (χ2n) is 13.0. The Bertz CT molecular complexity index is 708. The third-order valence-corrected chi connectivity index (χ3v) is 10.8. The van der Waals surface area contributed by atoms with Crippen molar-refractivity contribution in [3.8, 4) is 0 Å². The highest BCUT2D eigenvalue weighted by Crippen LogP contribution is 2.67. The predicted molar refractivity (Wildman–Crippen MR) is 133 cm³/mol. The molecule has 32 heavy (non-hydrogen) atoms. The lowest BCUT2D eigenvalue weighted by Gasteiger charge is -2.58. The monoisotopic (exact) mass is 442 g/mol. The van der Waals surface area contributed by atoms with E-state index in [9.17, 15) is 4.79 Å². The van der Waals surface area contributed by atoms with Gasteiger partial charge in [-0.1, -0.05) is 72.5 Å². The zero-order valence-electron chi connectivity index (χ0n) is 21.9. The third kappa shape index (κ3) is 4.34. The van der Waals surface area contributed by atoms with Crippen molar-refractivity contribution in [3.63, 3.8) is 0 Å². The van der Waals surface area contributed by atoms with E-state index >= 15 is 0 Å². The van der Waals surface area contributed by atoms with E-state index < -0.39 is 0 Å². The molecule has 2 heteroatoms. The van der Waals surface area contributed by atoms with E-state index in [1.165, 1.54) is 57.8 Å². The predicted octanol–water partition coefficient (Wildman–Crippen LogP) is 8.35. The molecule has 0 N–H and O–H groups in total. The maximum Gasteiger partial charge on any atom is 0.305 e. The number of esters is 1. The molecule has 4 aliphatic rings. The molecule has 8 atom stereocenters. The molecule has 0 aliphatic heterocycles. The van der Waals surface area contributed by atoms with Crippen molar-refractivity contribution in [2.75, 3.05) is 0 Å². The number of hydrogen-bond acceptors (Lipinski definition) is 2. The highest BCUT2D eigenvalue weighted by molar-refractivity contribution is 5.69. The van der Waals surface area contributed by atoms with E-state index in [1.54, 1.807) is 5.57 Å². The summed E-state index contributed by atoms with van der Waals surface area (Å²) in [7, 11) is 0. The molecule has 4 aliphatic carbocycles. The number of carbonyl (C=O) groups is 1. The molecule has 0 aromatic carbocycles. The van der Waals surface area contributed by atoms with E-state index in [-0.39, 0.29) is 12.1 Å². The molecule has 0 bridgehead atoms. The van der Waals surface area contributed by atoms with Gasteiger partial charge in [-0.2, -0.15) is 0 Å². The van der Waals surface area contributed by atoms with E-state index in [1.807, 2.05) is 6.92 Å². The summed E-state index contributed by atoms with van der Waals surface area (Å²) in [6.45, 7) is 14.5. The zero-order valence-corrected chi connectivity index (χ0v) is 21.9. The summed E-state index contributed by atoms with van der Waals surface area (Å²) in [5, 5.41) is 0. The fourth-order valence-corrected chi connectivity index (χ4v) is 9.02. The molecule has 0 amide bonds. The van der Waals surface area contributed by atoms with Crippen LogP contribution in [-0.2, 0) is 9.53 Å². The smallest absolute Gasteiger partial charge is 0.305 e. The Morgan fingerprint density at radius 1 is 1.06 bits per heavy atom. The number of carbonyl (C=O) groups excluding carboxylic acids is 1. The van der Waals surface area contributed by atoms with Gasteiger partial charge in [-0.25, -0.2) is 0 Å². The first-order chi connectivity index (χ1) is 15.2. The van der Waals surface area contributed by atoms with Crippen molar-refractivity contribution in [3.05, 3.63) is 11.6 Å². The SMILES string of the molecule is CCC(=O)OC1CC[C@@]2(C)C(=CCC3[C@@H]4CC[C@H]([C@H](C)CCCC(C)C)[C@@]4(C)CC[C@@H]32)C1. The van der Waals surface area contributed by atoms with Crippen LogP contribution < -0.4 is 0 Å². The van der Waals surface area contributed by atoms with E-state index in [2.05, 4.69) is 40.7 Å².